The van der Waals surface area contributed by atoms with E-state index in [2.05, 4.69) is 4.98 Å². The number of ether oxygens (including phenoxy) is 1. The first kappa shape index (κ1) is 12.3. The van der Waals surface area contributed by atoms with E-state index in [1.807, 2.05) is 30.3 Å². The van der Waals surface area contributed by atoms with Crippen LogP contribution in [0.15, 0.2) is 46.5 Å². The molecule has 0 radical (unpaired) electrons. The predicted molar refractivity (Wildman–Crippen MR) is 70.5 cm³/mol. The summed E-state index contributed by atoms with van der Waals surface area (Å²) in [7, 11) is 1.62. The molecule has 1 aromatic carbocycles. The summed E-state index contributed by atoms with van der Waals surface area (Å²) in [6.07, 6.45) is 1.51. The van der Waals surface area contributed by atoms with E-state index in [1.165, 1.54) is 18.0 Å². The molecule has 5 heteroatoms. The van der Waals surface area contributed by atoms with Crippen molar-refractivity contribution in [2.75, 3.05) is 12.8 Å². The van der Waals surface area contributed by atoms with Crippen LogP contribution in [0.2, 0.25) is 0 Å². The molecule has 0 aliphatic rings. The summed E-state index contributed by atoms with van der Waals surface area (Å²) in [5.74, 6) is 0.784. The van der Waals surface area contributed by atoms with Crippen molar-refractivity contribution in [3.8, 4) is 11.8 Å². The molecular weight excluding hydrogens is 246 g/mol. The molecule has 1 heterocycles. The van der Waals surface area contributed by atoms with Crippen molar-refractivity contribution in [1.82, 2.24) is 4.98 Å². The van der Waals surface area contributed by atoms with Crippen molar-refractivity contribution in [2.24, 2.45) is 0 Å². The van der Waals surface area contributed by atoms with Gasteiger partial charge in [-0.3, -0.25) is 0 Å². The topological polar surface area (TPSA) is 71.9 Å². The molecule has 0 saturated heterocycles. The monoisotopic (exact) mass is 257 g/mol. The maximum absolute atomic E-state index is 8.74. The Morgan fingerprint density at radius 3 is 2.89 bits per heavy atom. The summed E-state index contributed by atoms with van der Waals surface area (Å²) in [5.41, 5.74) is 6.81. The van der Waals surface area contributed by atoms with Crippen LogP contribution >= 0.6 is 11.8 Å². The molecule has 0 aliphatic heterocycles. The Balaban J connectivity index is 2.26. The number of rotatable bonds is 3. The lowest BCUT2D eigenvalue weighted by Crippen LogP contribution is -1.93. The van der Waals surface area contributed by atoms with Crippen molar-refractivity contribution in [3.05, 3.63) is 42.1 Å². The van der Waals surface area contributed by atoms with Crippen LogP contribution in [0.25, 0.3) is 0 Å². The molecule has 0 bridgehead atoms. The number of pyridine rings is 1. The van der Waals surface area contributed by atoms with Gasteiger partial charge in [-0.1, -0.05) is 17.8 Å². The van der Waals surface area contributed by atoms with Crippen molar-refractivity contribution >= 4 is 17.4 Å². The molecule has 1 aromatic heterocycles. The third-order valence-corrected chi connectivity index (χ3v) is 3.29. The highest BCUT2D eigenvalue weighted by atomic mass is 32.2. The molecule has 0 spiro atoms. The zero-order chi connectivity index (χ0) is 13.0. The average Bonchev–Trinajstić information content (AvgIpc) is 2.41. The lowest BCUT2D eigenvalue weighted by atomic mass is 10.3. The maximum Gasteiger partial charge on any atom is 0.124 e. The molecule has 0 atom stereocenters. The molecule has 0 unspecified atom stereocenters. The minimum atomic E-state index is 0.461. The molecule has 0 fully saturated rings. The second-order valence-electron chi connectivity index (χ2n) is 3.51. The summed E-state index contributed by atoms with van der Waals surface area (Å²) in [6.45, 7) is 0. The number of aromatic nitrogens is 1. The molecule has 2 N–H and O–H groups in total. The van der Waals surface area contributed by atoms with E-state index in [-0.39, 0.29) is 0 Å². The molecular formula is C13H11N3OS. The normalized spacial score (nSPS) is 9.78. The quantitative estimate of drug-likeness (QED) is 0.915. The van der Waals surface area contributed by atoms with Crippen LogP contribution in [0.4, 0.5) is 5.69 Å². The van der Waals surface area contributed by atoms with Gasteiger partial charge in [0, 0.05) is 11.1 Å². The van der Waals surface area contributed by atoms with Crippen molar-refractivity contribution in [3.63, 3.8) is 0 Å². The zero-order valence-corrected chi connectivity index (χ0v) is 10.6. The van der Waals surface area contributed by atoms with Crippen LogP contribution in [0, 0.1) is 11.3 Å². The maximum atomic E-state index is 8.74. The fraction of sp³-hybridized carbons (Fsp3) is 0.0769. The Kier molecular flexibility index (Phi) is 3.70. The molecule has 18 heavy (non-hydrogen) atoms. The summed E-state index contributed by atoms with van der Waals surface area (Å²) in [5, 5.41) is 9.42. The van der Waals surface area contributed by atoms with E-state index in [0.29, 0.717) is 16.3 Å². The lowest BCUT2D eigenvalue weighted by molar-refractivity contribution is 0.413. The first-order chi connectivity index (χ1) is 8.72. The van der Waals surface area contributed by atoms with Gasteiger partial charge >= 0.3 is 0 Å². The van der Waals surface area contributed by atoms with E-state index < -0.39 is 0 Å². The molecule has 0 amide bonds. The van der Waals surface area contributed by atoms with E-state index >= 15 is 0 Å². The highest BCUT2D eigenvalue weighted by molar-refractivity contribution is 7.99. The van der Waals surface area contributed by atoms with Gasteiger partial charge in [0.1, 0.15) is 16.8 Å². The highest BCUT2D eigenvalue weighted by Crippen LogP contribution is 2.32. The Labute approximate surface area is 109 Å². The largest absolute Gasteiger partial charge is 0.497 e. The molecule has 0 aliphatic carbocycles. The smallest absolute Gasteiger partial charge is 0.124 e. The highest BCUT2D eigenvalue weighted by Gasteiger charge is 2.05. The molecule has 4 nitrogen and oxygen atoms in total. The molecule has 2 rings (SSSR count). The van der Waals surface area contributed by atoms with Crippen LogP contribution < -0.4 is 10.5 Å². The fourth-order valence-electron chi connectivity index (χ4n) is 1.39. The second-order valence-corrected chi connectivity index (χ2v) is 4.57. The minimum absolute atomic E-state index is 0.461. The van der Waals surface area contributed by atoms with Crippen LogP contribution in [-0.4, -0.2) is 12.1 Å². The minimum Gasteiger partial charge on any atom is -0.497 e. The number of hydrogen-bond acceptors (Lipinski definition) is 5. The van der Waals surface area contributed by atoms with Gasteiger partial charge in [0.05, 0.1) is 18.4 Å². The number of nitrogens with two attached hydrogens (primary N) is 1. The lowest BCUT2D eigenvalue weighted by Gasteiger charge is -2.06. The number of nitriles is 1. The SMILES string of the molecule is COc1cccc(Sc2ncc(C#N)cc2N)c1. The van der Waals surface area contributed by atoms with Crippen molar-refractivity contribution < 1.29 is 4.74 Å². The van der Waals surface area contributed by atoms with Gasteiger partial charge in [-0.15, -0.1) is 0 Å². The van der Waals surface area contributed by atoms with Gasteiger partial charge in [-0.25, -0.2) is 4.98 Å². The van der Waals surface area contributed by atoms with E-state index in [0.717, 1.165) is 10.6 Å². The van der Waals surface area contributed by atoms with Crippen molar-refractivity contribution in [1.29, 1.82) is 5.26 Å². The van der Waals surface area contributed by atoms with Gasteiger partial charge in [-0.2, -0.15) is 5.26 Å². The summed E-state index contributed by atoms with van der Waals surface area (Å²) < 4.78 is 5.15. The summed E-state index contributed by atoms with van der Waals surface area (Å²) in [4.78, 5) is 5.16. The Morgan fingerprint density at radius 1 is 1.39 bits per heavy atom. The molecule has 2 aromatic rings. The van der Waals surface area contributed by atoms with Gasteiger partial charge in [-0.05, 0) is 24.3 Å². The Hall–Kier alpha value is -2.19. The van der Waals surface area contributed by atoms with E-state index in [9.17, 15) is 0 Å². The van der Waals surface area contributed by atoms with Crippen LogP contribution in [0.5, 0.6) is 5.75 Å². The van der Waals surface area contributed by atoms with Gasteiger partial charge < -0.3 is 10.5 Å². The summed E-state index contributed by atoms with van der Waals surface area (Å²) in [6, 6.07) is 11.3. The standard InChI is InChI=1S/C13H11N3OS/c1-17-10-3-2-4-11(6-10)18-13-12(15)5-9(7-14)8-16-13/h2-6,8H,15H2,1H3. The predicted octanol–water partition coefficient (Wildman–Crippen LogP) is 2.70. The second kappa shape index (κ2) is 5.43. The average molecular weight is 257 g/mol. The first-order valence-electron chi connectivity index (χ1n) is 5.20. The van der Waals surface area contributed by atoms with Gasteiger partial charge in [0.25, 0.3) is 0 Å². The molecule has 0 saturated carbocycles. The van der Waals surface area contributed by atoms with E-state index in [4.69, 9.17) is 15.7 Å². The number of benzene rings is 1. The third-order valence-electron chi connectivity index (χ3n) is 2.26. The first-order valence-corrected chi connectivity index (χ1v) is 6.02. The third kappa shape index (κ3) is 2.73. The van der Waals surface area contributed by atoms with Gasteiger partial charge in [0.15, 0.2) is 0 Å². The fourth-order valence-corrected chi connectivity index (χ4v) is 2.22. The Morgan fingerprint density at radius 2 is 2.22 bits per heavy atom. The van der Waals surface area contributed by atoms with E-state index in [1.54, 1.807) is 13.2 Å². The Bertz CT molecular complexity index is 607. The number of nitrogens with zero attached hydrogens (tertiary/aromatic N) is 2. The number of nitrogen functional groups attached to an aromatic ring is 1. The van der Waals surface area contributed by atoms with Crippen molar-refractivity contribution in [2.45, 2.75) is 9.92 Å². The van der Waals surface area contributed by atoms with Crippen LogP contribution in [-0.2, 0) is 0 Å². The zero-order valence-electron chi connectivity index (χ0n) is 9.75. The van der Waals surface area contributed by atoms with Crippen LogP contribution in [0.3, 0.4) is 0 Å². The van der Waals surface area contributed by atoms with Gasteiger partial charge in [0.2, 0.25) is 0 Å². The summed E-state index contributed by atoms with van der Waals surface area (Å²) >= 11 is 1.44. The molecule has 90 valence electrons. The van der Waals surface area contributed by atoms with Crippen LogP contribution in [0.1, 0.15) is 5.56 Å². The number of anilines is 1. The number of methoxy groups -OCH3 is 1. The number of hydrogen-bond donors (Lipinski definition) is 1.